The molecule has 0 aromatic heterocycles. The predicted octanol–water partition coefficient (Wildman–Crippen LogP) is 2.23. The minimum atomic E-state index is -0.677. The van der Waals surface area contributed by atoms with E-state index in [9.17, 15) is 14.0 Å². The Labute approximate surface area is 158 Å². The van der Waals surface area contributed by atoms with E-state index >= 15 is 0 Å². The molecule has 1 aliphatic carbocycles. The Kier molecular flexibility index (Phi) is 5.84. The number of morpholine rings is 1. The first-order valence-corrected chi connectivity index (χ1v) is 9.39. The molecule has 1 aliphatic heterocycles. The number of nitrogens with zero attached hydrogens (tertiary/aromatic N) is 1. The van der Waals surface area contributed by atoms with Crippen LogP contribution in [0, 0.1) is 5.82 Å². The molecule has 1 aromatic carbocycles. The number of ether oxygens (including phenoxy) is 1. The van der Waals surface area contributed by atoms with Crippen LogP contribution >= 0.6 is 0 Å². The molecule has 0 bridgehead atoms. The molecule has 3 atom stereocenters. The fourth-order valence-electron chi connectivity index (χ4n) is 3.21. The second kappa shape index (κ2) is 8.12. The molecule has 0 spiro atoms. The van der Waals surface area contributed by atoms with E-state index in [1.165, 1.54) is 6.07 Å². The quantitative estimate of drug-likeness (QED) is 0.732. The lowest BCUT2D eigenvalue weighted by Crippen LogP contribution is -2.46. The highest BCUT2D eigenvalue weighted by Crippen LogP contribution is 2.26. The van der Waals surface area contributed by atoms with Crippen molar-refractivity contribution in [3.8, 4) is 0 Å². The van der Waals surface area contributed by atoms with Crippen molar-refractivity contribution in [1.29, 1.82) is 0 Å². The number of benzene rings is 1. The number of amides is 3. The predicted molar refractivity (Wildman–Crippen MR) is 101 cm³/mol. The summed E-state index contributed by atoms with van der Waals surface area (Å²) in [5.41, 5.74) is 0.999. The summed E-state index contributed by atoms with van der Waals surface area (Å²) in [5.74, 6) is -0.825. The Morgan fingerprint density at radius 2 is 1.89 bits per heavy atom. The number of rotatable bonds is 5. The Balaban J connectivity index is 1.57. The number of carbonyl (C=O) groups is 2. The van der Waals surface area contributed by atoms with Crippen molar-refractivity contribution >= 4 is 23.3 Å². The van der Waals surface area contributed by atoms with E-state index in [-0.39, 0.29) is 24.1 Å². The number of hydrogen-bond acceptors (Lipinski definition) is 5. The van der Waals surface area contributed by atoms with Gasteiger partial charge in [-0.2, -0.15) is 0 Å². The van der Waals surface area contributed by atoms with Gasteiger partial charge in [0.05, 0.1) is 17.9 Å². The van der Waals surface area contributed by atoms with Crippen LogP contribution in [0.5, 0.6) is 0 Å². The molecule has 3 rings (SSSR count). The van der Waals surface area contributed by atoms with Crippen molar-refractivity contribution in [2.45, 2.75) is 57.9 Å². The van der Waals surface area contributed by atoms with Crippen LogP contribution in [0.4, 0.5) is 20.6 Å². The topological polar surface area (TPSA) is 82.7 Å². The van der Waals surface area contributed by atoms with Gasteiger partial charge in [0.1, 0.15) is 11.9 Å². The maximum atomic E-state index is 14.6. The summed E-state index contributed by atoms with van der Waals surface area (Å²) in [5, 5.41) is 7.91. The van der Waals surface area contributed by atoms with Gasteiger partial charge in [-0.05, 0) is 51.8 Å². The smallest absolute Gasteiger partial charge is 0.321 e. The fraction of sp³-hybridized carbons (Fsp3) is 0.579. The van der Waals surface area contributed by atoms with E-state index in [1.807, 2.05) is 18.7 Å². The zero-order valence-electron chi connectivity index (χ0n) is 15.9. The van der Waals surface area contributed by atoms with Crippen LogP contribution in [-0.2, 0) is 9.53 Å². The average molecular weight is 378 g/mol. The number of imide groups is 1. The van der Waals surface area contributed by atoms with Gasteiger partial charge in [0, 0.05) is 24.8 Å². The maximum Gasteiger partial charge on any atom is 0.321 e. The van der Waals surface area contributed by atoms with Crippen LogP contribution in [0.25, 0.3) is 0 Å². The van der Waals surface area contributed by atoms with Crippen LogP contribution in [0.15, 0.2) is 18.2 Å². The van der Waals surface area contributed by atoms with Crippen molar-refractivity contribution in [2.24, 2.45) is 0 Å². The molecular formula is C19H27FN4O3. The van der Waals surface area contributed by atoms with Crippen molar-refractivity contribution in [2.75, 3.05) is 23.3 Å². The summed E-state index contributed by atoms with van der Waals surface area (Å²) in [4.78, 5) is 25.7. The summed E-state index contributed by atoms with van der Waals surface area (Å²) in [6.07, 6.45) is 1.97. The number of hydrogen-bond donors (Lipinski definition) is 3. The lowest BCUT2D eigenvalue weighted by atomic mass is 10.1. The number of anilines is 2. The molecule has 2 aliphatic rings. The van der Waals surface area contributed by atoms with Gasteiger partial charge in [-0.3, -0.25) is 10.1 Å². The standard InChI is InChI=1S/C19H27FN4O3/c1-11-9-24(10-12(2)27-11)17-7-6-15(8-16(17)20)21-13(3)18(25)23-19(26)22-14-4-5-14/h6-8,11-14,21H,4-5,9-10H2,1-3H3,(H2,22,23,25,26). The summed E-state index contributed by atoms with van der Waals surface area (Å²) >= 11 is 0. The van der Waals surface area contributed by atoms with Crippen LogP contribution < -0.4 is 20.9 Å². The van der Waals surface area contributed by atoms with Gasteiger partial charge in [-0.1, -0.05) is 0 Å². The molecular weight excluding hydrogens is 351 g/mol. The number of halogens is 1. The normalized spacial score (nSPS) is 23.5. The van der Waals surface area contributed by atoms with E-state index < -0.39 is 18.0 Å². The SMILES string of the molecule is CC1CN(c2ccc(NC(C)C(=O)NC(=O)NC3CC3)cc2F)CC(C)O1. The molecule has 1 heterocycles. The molecule has 1 saturated carbocycles. The lowest BCUT2D eigenvalue weighted by Gasteiger charge is -2.37. The third-order valence-electron chi connectivity index (χ3n) is 4.63. The first-order valence-electron chi connectivity index (χ1n) is 9.39. The maximum absolute atomic E-state index is 14.6. The lowest BCUT2D eigenvalue weighted by molar-refractivity contribution is -0.120. The van der Waals surface area contributed by atoms with Gasteiger partial charge in [0.2, 0.25) is 5.91 Å². The second-order valence-electron chi connectivity index (χ2n) is 7.43. The number of nitrogens with one attached hydrogen (secondary N) is 3. The molecule has 3 amide bonds. The molecule has 2 fully saturated rings. The summed E-state index contributed by atoms with van der Waals surface area (Å²) < 4.78 is 20.3. The second-order valence-corrected chi connectivity index (χ2v) is 7.43. The van der Waals surface area contributed by atoms with Gasteiger partial charge < -0.3 is 20.3 Å². The molecule has 3 N–H and O–H groups in total. The fourth-order valence-corrected chi connectivity index (χ4v) is 3.21. The first-order chi connectivity index (χ1) is 12.8. The summed E-state index contributed by atoms with van der Waals surface area (Å²) in [6, 6.07) is 3.81. The van der Waals surface area contributed by atoms with Crippen LogP contribution in [0.3, 0.4) is 0 Å². The van der Waals surface area contributed by atoms with Crippen LogP contribution in [-0.4, -0.2) is 49.3 Å². The highest BCUT2D eigenvalue weighted by Gasteiger charge is 2.26. The van der Waals surface area contributed by atoms with Gasteiger partial charge in [0.25, 0.3) is 0 Å². The van der Waals surface area contributed by atoms with Gasteiger partial charge in [-0.25, -0.2) is 9.18 Å². The Morgan fingerprint density at radius 3 is 2.48 bits per heavy atom. The molecule has 0 radical (unpaired) electrons. The highest BCUT2D eigenvalue weighted by atomic mass is 19.1. The van der Waals surface area contributed by atoms with E-state index in [0.717, 1.165) is 12.8 Å². The monoisotopic (exact) mass is 378 g/mol. The zero-order valence-corrected chi connectivity index (χ0v) is 15.9. The van der Waals surface area contributed by atoms with Crippen molar-refractivity contribution in [3.63, 3.8) is 0 Å². The van der Waals surface area contributed by atoms with Crippen LogP contribution in [0.2, 0.25) is 0 Å². The molecule has 3 unspecified atom stereocenters. The van der Waals surface area contributed by atoms with Crippen molar-refractivity contribution in [3.05, 3.63) is 24.0 Å². The van der Waals surface area contributed by atoms with Crippen molar-refractivity contribution in [1.82, 2.24) is 10.6 Å². The molecule has 7 nitrogen and oxygen atoms in total. The Bertz CT molecular complexity index is 700. The minimum absolute atomic E-state index is 0.0384. The van der Waals surface area contributed by atoms with E-state index in [4.69, 9.17) is 4.74 Å². The average Bonchev–Trinajstić information content (AvgIpc) is 3.37. The summed E-state index contributed by atoms with van der Waals surface area (Å²) in [7, 11) is 0. The highest BCUT2D eigenvalue weighted by molar-refractivity contribution is 5.98. The van der Waals surface area contributed by atoms with Gasteiger partial charge in [0.15, 0.2) is 0 Å². The number of urea groups is 1. The van der Waals surface area contributed by atoms with Gasteiger partial charge in [-0.15, -0.1) is 0 Å². The van der Waals surface area contributed by atoms with Crippen molar-refractivity contribution < 1.29 is 18.7 Å². The molecule has 27 heavy (non-hydrogen) atoms. The van der Waals surface area contributed by atoms with E-state index in [2.05, 4.69) is 16.0 Å². The Hall–Kier alpha value is -2.35. The first kappa shape index (κ1) is 19.4. The van der Waals surface area contributed by atoms with E-state index in [1.54, 1.807) is 19.1 Å². The third-order valence-corrected chi connectivity index (χ3v) is 4.63. The number of carbonyl (C=O) groups excluding carboxylic acids is 2. The van der Waals surface area contributed by atoms with E-state index in [0.29, 0.717) is 24.5 Å². The summed E-state index contributed by atoms with van der Waals surface area (Å²) in [6.45, 7) is 6.81. The molecule has 148 valence electrons. The third kappa shape index (κ3) is 5.32. The Morgan fingerprint density at radius 1 is 1.22 bits per heavy atom. The largest absolute Gasteiger partial charge is 0.374 e. The molecule has 1 aromatic rings. The molecule has 8 heteroatoms. The zero-order chi connectivity index (χ0) is 19.6. The van der Waals surface area contributed by atoms with Gasteiger partial charge >= 0.3 is 6.03 Å². The van der Waals surface area contributed by atoms with Crippen LogP contribution in [0.1, 0.15) is 33.6 Å². The minimum Gasteiger partial charge on any atom is -0.374 e. The molecule has 1 saturated heterocycles.